The van der Waals surface area contributed by atoms with E-state index < -0.39 is 16.1 Å². The van der Waals surface area contributed by atoms with Crippen LogP contribution in [-0.2, 0) is 10.0 Å². The number of nitrogens with zero attached hydrogens (tertiary/aromatic N) is 2. The average molecular weight is 393 g/mol. The summed E-state index contributed by atoms with van der Waals surface area (Å²) in [6, 6.07) is 11.7. The van der Waals surface area contributed by atoms with E-state index in [1.165, 1.54) is 28.7 Å². The number of rotatable bonds is 3. The maximum Gasteiger partial charge on any atom is 0.279 e. The van der Waals surface area contributed by atoms with Crippen LogP contribution in [-0.4, -0.2) is 18.5 Å². The molecule has 136 valence electrons. The number of fused-ring (bicyclic) bond motifs is 1. The molecule has 0 amide bonds. The smallest absolute Gasteiger partial charge is 0.207 e. The molecule has 2 atom stereocenters. The Morgan fingerprint density at radius 2 is 1.73 bits per heavy atom. The highest BCUT2D eigenvalue weighted by Crippen LogP contribution is 2.44. The summed E-state index contributed by atoms with van der Waals surface area (Å²) in [6.45, 7) is 0. The normalized spacial score (nSPS) is 22.8. The van der Waals surface area contributed by atoms with Crippen LogP contribution < -0.4 is 0 Å². The zero-order chi connectivity index (χ0) is 18.3. The third kappa shape index (κ3) is 3.01. The van der Waals surface area contributed by atoms with E-state index in [0.717, 1.165) is 37.0 Å². The Hall–Kier alpha value is -1.92. The van der Waals surface area contributed by atoms with Crippen molar-refractivity contribution in [3.05, 3.63) is 64.9 Å². The Balaban J connectivity index is 1.79. The van der Waals surface area contributed by atoms with Gasteiger partial charge in [-0.25, -0.2) is 4.39 Å². The van der Waals surface area contributed by atoms with Crippen LogP contribution in [0, 0.1) is 11.7 Å². The van der Waals surface area contributed by atoms with Gasteiger partial charge in [0.2, 0.25) is 0 Å². The van der Waals surface area contributed by atoms with Crippen LogP contribution in [0.25, 0.3) is 0 Å². The van der Waals surface area contributed by atoms with Crippen molar-refractivity contribution in [3.63, 3.8) is 0 Å². The van der Waals surface area contributed by atoms with Gasteiger partial charge < -0.3 is 0 Å². The van der Waals surface area contributed by atoms with Gasteiger partial charge in [-0.2, -0.15) is 17.9 Å². The molecule has 0 N–H and O–H groups in total. The fourth-order valence-corrected chi connectivity index (χ4v) is 5.37. The molecule has 0 saturated heterocycles. The van der Waals surface area contributed by atoms with Gasteiger partial charge in [-0.1, -0.05) is 30.2 Å². The van der Waals surface area contributed by atoms with Crippen LogP contribution in [0.15, 0.2) is 58.5 Å². The molecule has 1 aliphatic carbocycles. The first-order valence-electron chi connectivity index (χ1n) is 8.60. The zero-order valence-electron chi connectivity index (χ0n) is 14.0. The van der Waals surface area contributed by atoms with E-state index in [1.54, 1.807) is 24.3 Å². The summed E-state index contributed by atoms with van der Waals surface area (Å²) in [5.41, 5.74) is 1.68. The molecule has 1 aliphatic heterocycles. The molecular weight excluding hydrogens is 375 g/mol. The molecule has 2 aromatic carbocycles. The maximum atomic E-state index is 13.4. The molecule has 1 heterocycles. The molecule has 26 heavy (non-hydrogen) atoms. The van der Waals surface area contributed by atoms with E-state index >= 15 is 0 Å². The molecule has 0 aromatic heterocycles. The van der Waals surface area contributed by atoms with Crippen LogP contribution in [0.3, 0.4) is 0 Å². The summed E-state index contributed by atoms with van der Waals surface area (Å²) in [4.78, 5) is 0.150. The van der Waals surface area contributed by atoms with Crippen LogP contribution in [0.5, 0.6) is 0 Å². The molecule has 0 spiro atoms. The average Bonchev–Trinajstić information content (AvgIpc) is 3.03. The molecule has 0 bridgehead atoms. The Morgan fingerprint density at radius 3 is 2.42 bits per heavy atom. The van der Waals surface area contributed by atoms with Crippen molar-refractivity contribution in [1.29, 1.82) is 0 Å². The number of sulfonamides is 1. The van der Waals surface area contributed by atoms with Crippen molar-refractivity contribution in [1.82, 2.24) is 4.41 Å². The van der Waals surface area contributed by atoms with Gasteiger partial charge in [0.25, 0.3) is 10.0 Å². The molecule has 1 fully saturated rings. The fourth-order valence-electron chi connectivity index (χ4n) is 3.77. The second-order valence-corrected chi connectivity index (χ2v) is 8.90. The van der Waals surface area contributed by atoms with E-state index in [4.69, 9.17) is 11.6 Å². The molecule has 2 unspecified atom stereocenters. The lowest BCUT2D eigenvalue weighted by Gasteiger charge is -2.29. The SMILES string of the molecule is O=S(=O)(c1ccc(Cl)cc1)N1N=C2CCCCC2C1c1ccc(F)cc1. The molecular formula is C19H18ClFN2O2S. The summed E-state index contributed by atoms with van der Waals surface area (Å²) < 4.78 is 41.1. The van der Waals surface area contributed by atoms with Gasteiger partial charge in [-0.3, -0.25) is 0 Å². The van der Waals surface area contributed by atoms with Gasteiger partial charge in [0, 0.05) is 16.7 Å². The van der Waals surface area contributed by atoms with Crippen molar-refractivity contribution < 1.29 is 12.8 Å². The van der Waals surface area contributed by atoms with E-state index in [1.807, 2.05) is 0 Å². The third-order valence-corrected chi connectivity index (χ3v) is 6.96. The van der Waals surface area contributed by atoms with Crippen LogP contribution in [0.4, 0.5) is 4.39 Å². The van der Waals surface area contributed by atoms with Crippen LogP contribution >= 0.6 is 11.6 Å². The van der Waals surface area contributed by atoms with Crippen molar-refractivity contribution in [2.75, 3.05) is 0 Å². The highest BCUT2D eigenvalue weighted by molar-refractivity contribution is 7.89. The molecule has 4 nitrogen and oxygen atoms in total. The fraction of sp³-hybridized carbons (Fsp3) is 0.316. The predicted molar refractivity (Wildman–Crippen MR) is 99.0 cm³/mol. The molecule has 7 heteroatoms. The summed E-state index contributed by atoms with van der Waals surface area (Å²) in [5.74, 6) is -0.306. The number of hydrogen-bond acceptors (Lipinski definition) is 3. The molecule has 4 rings (SSSR count). The van der Waals surface area contributed by atoms with Crippen LogP contribution in [0.1, 0.15) is 37.3 Å². The first-order valence-corrected chi connectivity index (χ1v) is 10.4. The van der Waals surface area contributed by atoms with E-state index in [0.29, 0.717) is 5.02 Å². The lowest BCUT2D eigenvalue weighted by molar-refractivity contribution is 0.308. The highest BCUT2D eigenvalue weighted by Gasteiger charge is 2.44. The van der Waals surface area contributed by atoms with E-state index in [2.05, 4.69) is 5.10 Å². The molecule has 2 aromatic rings. The topological polar surface area (TPSA) is 49.7 Å². The van der Waals surface area contributed by atoms with Crippen molar-refractivity contribution in [2.45, 2.75) is 36.6 Å². The summed E-state index contributed by atoms with van der Waals surface area (Å²) >= 11 is 5.89. The first kappa shape index (κ1) is 17.5. The van der Waals surface area contributed by atoms with Crippen molar-refractivity contribution in [2.24, 2.45) is 11.0 Å². The van der Waals surface area contributed by atoms with Crippen molar-refractivity contribution >= 4 is 27.3 Å². The minimum atomic E-state index is -3.83. The minimum Gasteiger partial charge on any atom is -0.207 e. The summed E-state index contributed by atoms with van der Waals surface area (Å²) in [6.07, 6.45) is 3.74. The third-order valence-electron chi connectivity index (χ3n) is 5.04. The van der Waals surface area contributed by atoms with Gasteiger partial charge >= 0.3 is 0 Å². The number of halogens is 2. The first-order chi connectivity index (χ1) is 12.5. The van der Waals surface area contributed by atoms with Gasteiger partial charge in [-0.15, -0.1) is 0 Å². The summed E-state index contributed by atoms with van der Waals surface area (Å²) in [7, 11) is -3.83. The number of hydrazone groups is 1. The van der Waals surface area contributed by atoms with Crippen molar-refractivity contribution in [3.8, 4) is 0 Å². The Bertz CT molecular complexity index is 943. The predicted octanol–water partition coefficient (Wildman–Crippen LogP) is 4.77. The number of benzene rings is 2. The Labute approximate surface area is 157 Å². The van der Waals surface area contributed by atoms with Gasteiger partial charge in [-0.05, 0) is 61.2 Å². The van der Waals surface area contributed by atoms with Crippen LogP contribution in [0.2, 0.25) is 5.02 Å². The molecule has 2 aliphatic rings. The lowest BCUT2D eigenvalue weighted by Crippen LogP contribution is -2.31. The molecule has 1 saturated carbocycles. The standard InChI is InChI=1S/C19H18ClFN2O2S/c20-14-7-11-16(12-8-14)26(24,25)23-19(13-5-9-15(21)10-6-13)17-3-1-2-4-18(17)22-23/h5-12,17,19H,1-4H2. The highest BCUT2D eigenvalue weighted by atomic mass is 35.5. The monoisotopic (exact) mass is 392 g/mol. The largest absolute Gasteiger partial charge is 0.279 e. The minimum absolute atomic E-state index is 0.0382. The second kappa shape index (κ2) is 6.67. The lowest BCUT2D eigenvalue weighted by atomic mass is 9.81. The van der Waals surface area contributed by atoms with Gasteiger partial charge in [0.1, 0.15) is 5.82 Å². The van der Waals surface area contributed by atoms with E-state index in [-0.39, 0.29) is 16.6 Å². The van der Waals surface area contributed by atoms with Gasteiger partial charge in [0.15, 0.2) is 0 Å². The Kier molecular flexibility index (Phi) is 4.49. The quantitative estimate of drug-likeness (QED) is 0.755. The Morgan fingerprint density at radius 1 is 1.04 bits per heavy atom. The summed E-state index contributed by atoms with van der Waals surface area (Å²) in [5, 5.41) is 4.97. The zero-order valence-corrected chi connectivity index (χ0v) is 15.5. The maximum absolute atomic E-state index is 13.4. The number of hydrogen-bond donors (Lipinski definition) is 0. The van der Waals surface area contributed by atoms with Gasteiger partial charge in [0.05, 0.1) is 10.9 Å². The van der Waals surface area contributed by atoms with E-state index in [9.17, 15) is 12.8 Å². The second-order valence-electron chi connectivity index (χ2n) is 6.67. The molecule has 0 radical (unpaired) electrons.